The molecule has 36 heavy (non-hydrogen) atoms. The van der Waals surface area contributed by atoms with Gasteiger partial charge in [-0.3, -0.25) is 0 Å². The molecule has 0 aliphatic rings. The zero-order chi connectivity index (χ0) is 25.2. The second-order valence-electron chi connectivity index (χ2n) is 9.67. The molecule has 4 aromatic rings. The highest BCUT2D eigenvalue weighted by Crippen LogP contribution is 2.24. The van der Waals surface area contributed by atoms with Crippen molar-refractivity contribution in [2.24, 2.45) is 0 Å². The summed E-state index contributed by atoms with van der Waals surface area (Å²) in [5.74, 6) is 14.1. The molecule has 0 heteroatoms. The summed E-state index contributed by atoms with van der Waals surface area (Å²) in [6.45, 7) is 6.79. The van der Waals surface area contributed by atoms with Crippen molar-refractivity contribution in [2.75, 3.05) is 0 Å². The van der Waals surface area contributed by atoms with Gasteiger partial charge in [-0.15, -0.1) is 0 Å². The van der Waals surface area contributed by atoms with E-state index in [1.807, 2.05) is 0 Å². The first kappa shape index (κ1) is 25.4. The third-order valence-corrected chi connectivity index (χ3v) is 6.82. The van der Waals surface area contributed by atoms with Crippen LogP contribution >= 0.6 is 0 Å². The summed E-state index contributed by atoms with van der Waals surface area (Å²) in [5.41, 5.74) is 6.95. The molecular formula is C36H36. The van der Waals surface area contributed by atoms with E-state index in [4.69, 9.17) is 0 Å². The highest BCUT2D eigenvalue weighted by Gasteiger charge is 2.05. The van der Waals surface area contributed by atoms with Gasteiger partial charge in [0.25, 0.3) is 0 Å². The zero-order valence-corrected chi connectivity index (χ0v) is 21.9. The largest absolute Gasteiger partial charge is 0.0654 e. The minimum Gasteiger partial charge on any atom is -0.0654 e. The minimum absolute atomic E-state index is 0.602. The van der Waals surface area contributed by atoms with Crippen LogP contribution in [-0.2, 0) is 6.42 Å². The van der Waals surface area contributed by atoms with Gasteiger partial charge in [0.2, 0.25) is 0 Å². The molecule has 0 saturated heterocycles. The second kappa shape index (κ2) is 12.8. The van der Waals surface area contributed by atoms with E-state index in [1.165, 1.54) is 36.8 Å². The first-order chi connectivity index (χ1) is 17.7. The molecule has 0 spiro atoms. The van der Waals surface area contributed by atoms with Gasteiger partial charge in [-0.25, -0.2) is 0 Å². The molecule has 0 heterocycles. The van der Waals surface area contributed by atoms with Crippen molar-refractivity contribution >= 4 is 10.8 Å². The van der Waals surface area contributed by atoms with E-state index in [0.29, 0.717) is 5.92 Å². The molecule has 0 bridgehead atoms. The lowest BCUT2D eigenvalue weighted by molar-refractivity contribution is 0.598. The first-order valence-corrected chi connectivity index (χ1v) is 13.4. The van der Waals surface area contributed by atoms with Gasteiger partial charge in [-0.1, -0.05) is 119 Å². The second-order valence-corrected chi connectivity index (χ2v) is 9.67. The SMILES string of the molecule is CCCCCC(C)c1ccc(C#Cc2ccc(C#Cc3ccc(CCC)cc3)c3ccccc23)cc1. The maximum Gasteiger partial charge on any atom is 0.0328 e. The molecule has 1 unspecified atom stereocenters. The summed E-state index contributed by atoms with van der Waals surface area (Å²) < 4.78 is 0. The van der Waals surface area contributed by atoms with Crippen LogP contribution in [0.1, 0.15) is 92.2 Å². The van der Waals surface area contributed by atoms with Gasteiger partial charge in [-0.2, -0.15) is 0 Å². The summed E-state index contributed by atoms with van der Waals surface area (Å²) in [6, 6.07) is 30.1. The summed E-state index contributed by atoms with van der Waals surface area (Å²) in [7, 11) is 0. The van der Waals surface area contributed by atoms with Crippen molar-refractivity contribution in [3.8, 4) is 23.7 Å². The van der Waals surface area contributed by atoms with E-state index in [9.17, 15) is 0 Å². The maximum absolute atomic E-state index is 3.42. The summed E-state index contributed by atoms with van der Waals surface area (Å²) >= 11 is 0. The molecule has 0 fully saturated rings. The predicted octanol–water partition coefficient (Wildman–Crippen LogP) is 9.28. The lowest BCUT2D eigenvalue weighted by Crippen LogP contribution is -1.93. The number of rotatable bonds is 7. The summed E-state index contributed by atoms with van der Waals surface area (Å²) in [4.78, 5) is 0. The van der Waals surface area contributed by atoms with Crippen LogP contribution in [0.25, 0.3) is 10.8 Å². The number of unbranched alkanes of at least 4 members (excludes halogenated alkanes) is 2. The minimum atomic E-state index is 0.602. The Labute approximate surface area is 217 Å². The van der Waals surface area contributed by atoms with Crippen LogP contribution in [0.3, 0.4) is 0 Å². The number of aryl methyl sites for hydroxylation is 1. The van der Waals surface area contributed by atoms with Gasteiger partial charge < -0.3 is 0 Å². The van der Waals surface area contributed by atoms with Gasteiger partial charge in [0.15, 0.2) is 0 Å². The van der Waals surface area contributed by atoms with E-state index in [2.05, 4.69) is 129 Å². The Morgan fingerprint density at radius 2 is 1.14 bits per heavy atom. The van der Waals surface area contributed by atoms with Gasteiger partial charge in [0, 0.05) is 22.3 Å². The van der Waals surface area contributed by atoms with Crippen LogP contribution in [0.4, 0.5) is 0 Å². The fourth-order valence-electron chi connectivity index (χ4n) is 4.60. The molecule has 180 valence electrons. The highest BCUT2D eigenvalue weighted by atomic mass is 14.1. The van der Waals surface area contributed by atoms with Crippen LogP contribution < -0.4 is 0 Å². The Kier molecular flexibility index (Phi) is 9.03. The number of benzene rings is 4. The van der Waals surface area contributed by atoms with E-state index in [0.717, 1.165) is 45.9 Å². The molecule has 0 saturated carbocycles. The van der Waals surface area contributed by atoms with Crippen LogP contribution in [0, 0.1) is 23.7 Å². The van der Waals surface area contributed by atoms with E-state index < -0.39 is 0 Å². The summed E-state index contributed by atoms with van der Waals surface area (Å²) in [6.07, 6.45) is 7.43. The summed E-state index contributed by atoms with van der Waals surface area (Å²) in [5, 5.41) is 2.30. The van der Waals surface area contributed by atoms with E-state index in [1.54, 1.807) is 0 Å². The first-order valence-electron chi connectivity index (χ1n) is 13.4. The molecule has 4 rings (SSSR count). The molecular weight excluding hydrogens is 432 g/mol. The Balaban J connectivity index is 1.54. The quantitative estimate of drug-likeness (QED) is 0.187. The van der Waals surface area contributed by atoms with Crippen LogP contribution in [0.15, 0.2) is 84.9 Å². The van der Waals surface area contributed by atoms with Gasteiger partial charge in [-0.05, 0) is 77.1 Å². The standard InChI is InChI=1S/C36H36/c1-4-6-7-11-28(3)32-22-18-31(19-23-32)21-25-34-27-26-33(35-12-8-9-13-36(34)35)24-20-30-16-14-29(10-5-2)15-17-30/h8-9,12-19,22-23,26-28H,4-7,10-11H2,1-3H3. The number of hydrogen-bond acceptors (Lipinski definition) is 0. The topological polar surface area (TPSA) is 0 Å². The fraction of sp³-hybridized carbons (Fsp3) is 0.278. The smallest absolute Gasteiger partial charge is 0.0328 e. The molecule has 0 aromatic heterocycles. The molecule has 0 aliphatic carbocycles. The third-order valence-electron chi connectivity index (χ3n) is 6.82. The highest BCUT2D eigenvalue weighted by molar-refractivity contribution is 5.93. The Morgan fingerprint density at radius 3 is 1.67 bits per heavy atom. The maximum atomic E-state index is 3.42. The average Bonchev–Trinajstić information content (AvgIpc) is 2.92. The van der Waals surface area contributed by atoms with Gasteiger partial charge in [0.1, 0.15) is 0 Å². The predicted molar refractivity (Wildman–Crippen MR) is 155 cm³/mol. The molecule has 0 aliphatic heterocycles. The third kappa shape index (κ3) is 6.68. The van der Waals surface area contributed by atoms with Gasteiger partial charge >= 0.3 is 0 Å². The number of hydrogen-bond donors (Lipinski definition) is 0. The van der Waals surface area contributed by atoms with Crippen molar-refractivity contribution < 1.29 is 0 Å². The molecule has 4 aromatic carbocycles. The lowest BCUT2D eigenvalue weighted by atomic mass is 9.94. The van der Waals surface area contributed by atoms with Crippen molar-refractivity contribution in [1.82, 2.24) is 0 Å². The van der Waals surface area contributed by atoms with Crippen LogP contribution in [0.2, 0.25) is 0 Å². The van der Waals surface area contributed by atoms with E-state index in [-0.39, 0.29) is 0 Å². The molecule has 0 amide bonds. The van der Waals surface area contributed by atoms with Crippen molar-refractivity contribution in [3.05, 3.63) is 118 Å². The fourth-order valence-corrected chi connectivity index (χ4v) is 4.60. The van der Waals surface area contributed by atoms with E-state index >= 15 is 0 Å². The number of fused-ring (bicyclic) bond motifs is 1. The molecule has 0 radical (unpaired) electrons. The van der Waals surface area contributed by atoms with Crippen molar-refractivity contribution in [2.45, 2.75) is 65.2 Å². The molecule has 0 nitrogen and oxygen atoms in total. The van der Waals surface area contributed by atoms with Crippen LogP contribution in [0.5, 0.6) is 0 Å². The molecule has 0 N–H and O–H groups in total. The van der Waals surface area contributed by atoms with Crippen molar-refractivity contribution in [3.63, 3.8) is 0 Å². The lowest BCUT2D eigenvalue weighted by Gasteiger charge is -2.11. The average molecular weight is 469 g/mol. The monoisotopic (exact) mass is 468 g/mol. The zero-order valence-electron chi connectivity index (χ0n) is 21.9. The van der Waals surface area contributed by atoms with Crippen LogP contribution in [-0.4, -0.2) is 0 Å². The van der Waals surface area contributed by atoms with Crippen molar-refractivity contribution in [1.29, 1.82) is 0 Å². The molecule has 1 atom stereocenters. The normalized spacial score (nSPS) is 11.3. The Morgan fingerprint density at radius 1 is 0.583 bits per heavy atom. The Hall–Kier alpha value is -3.74. The Bertz CT molecular complexity index is 1400. The van der Waals surface area contributed by atoms with Gasteiger partial charge in [0.05, 0.1) is 0 Å².